The summed E-state index contributed by atoms with van der Waals surface area (Å²) in [5.41, 5.74) is 0. The van der Waals surface area contributed by atoms with Gasteiger partial charge < -0.3 is 10.4 Å². The number of amides is 1. The third-order valence-electron chi connectivity index (χ3n) is 8.64. The zero-order chi connectivity index (χ0) is 36.1. The maximum Gasteiger partial charge on any atom is 0.267 e. The van der Waals surface area contributed by atoms with E-state index in [2.05, 4.69) is 67.8 Å². The van der Waals surface area contributed by atoms with Crippen LogP contribution in [0.5, 0.6) is 0 Å². The average molecular weight is 706 g/mol. The summed E-state index contributed by atoms with van der Waals surface area (Å²) in [6.07, 6.45) is 49.1. The quantitative estimate of drug-likeness (QED) is 0.0346. The van der Waals surface area contributed by atoms with Gasteiger partial charge in [-0.1, -0.05) is 158 Å². The van der Waals surface area contributed by atoms with Crippen molar-refractivity contribution in [3.8, 4) is 0 Å². The van der Waals surface area contributed by atoms with Gasteiger partial charge in [0.1, 0.15) is 0 Å². The third-order valence-corrected chi connectivity index (χ3v) is 9.42. The lowest BCUT2D eigenvalue weighted by Crippen LogP contribution is -2.46. The molecule has 49 heavy (non-hydrogen) atoms. The zero-order valence-electron chi connectivity index (χ0n) is 31.5. The molecule has 6 nitrogen and oxygen atoms in total. The van der Waals surface area contributed by atoms with Crippen molar-refractivity contribution in [1.82, 2.24) is 5.32 Å². The first-order valence-electron chi connectivity index (χ1n) is 20.0. The summed E-state index contributed by atoms with van der Waals surface area (Å²) in [5, 5.41) is 13.2. The van der Waals surface area contributed by atoms with Crippen molar-refractivity contribution in [2.45, 2.75) is 193 Å². The Bertz CT molecular complexity index is 999. The summed E-state index contributed by atoms with van der Waals surface area (Å²) in [6, 6.07) is -1.09. The molecule has 0 saturated heterocycles. The number of nitrogens with one attached hydrogen (secondary N) is 1. The number of hydrogen-bond donors (Lipinski definition) is 3. The molecule has 0 spiro atoms. The van der Waals surface area contributed by atoms with Crippen molar-refractivity contribution in [3.05, 3.63) is 60.8 Å². The largest absolute Gasteiger partial charge is 0.387 e. The molecule has 0 radical (unpaired) electrons. The van der Waals surface area contributed by atoms with Crippen molar-refractivity contribution < 1.29 is 22.9 Å². The Hall–Kier alpha value is -1.96. The van der Waals surface area contributed by atoms with Crippen LogP contribution in [-0.2, 0) is 14.9 Å². The first kappa shape index (κ1) is 47.0. The normalized spacial score (nSPS) is 14.0. The molecule has 0 aromatic carbocycles. The topological polar surface area (TPSA) is 104 Å². The molecule has 0 aliphatic heterocycles. The van der Waals surface area contributed by atoms with Gasteiger partial charge >= 0.3 is 0 Å². The monoisotopic (exact) mass is 706 g/mol. The van der Waals surface area contributed by atoms with Crippen LogP contribution >= 0.6 is 0 Å². The van der Waals surface area contributed by atoms with Gasteiger partial charge in [-0.3, -0.25) is 9.35 Å². The summed E-state index contributed by atoms with van der Waals surface area (Å²) < 4.78 is 32.4. The van der Waals surface area contributed by atoms with Crippen LogP contribution in [0.15, 0.2) is 60.8 Å². The van der Waals surface area contributed by atoms with E-state index in [-0.39, 0.29) is 12.3 Å². The number of aliphatic hydroxyl groups is 1. The molecule has 0 fully saturated rings. The number of carbonyl (C=O) groups excluding carboxylic acids is 1. The number of unbranched alkanes of at least 4 members (excludes halogenated alkanes) is 19. The molecule has 3 N–H and O–H groups in total. The Morgan fingerprint density at radius 1 is 0.551 bits per heavy atom. The Balaban J connectivity index is 4.07. The fourth-order valence-corrected chi connectivity index (χ4v) is 6.36. The van der Waals surface area contributed by atoms with E-state index in [0.29, 0.717) is 12.8 Å². The van der Waals surface area contributed by atoms with Gasteiger partial charge in [0.15, 0.2) is 0 Å². The van der Waals surface area contributed by atoms with Crippen molar-refractivity contribution >= 4 is 16.0 Å². The van der Waals surface area contributed by atoms with E-state index in [0.717, 1.165) is 57.8 Å². The van der Waals surface area contributed by atoms with Crippen LogP contribution < -0.4 is 5.32 Å². The van der Waals surface area contributed by atoms with E-state index >= 15 is 0 Å². The summed E-state index contributed by atoms with van der Waals surface area (Å²) >= 11 is 0. The van der Waals surface area contributed by atoms with E-state index in [1.165, 1.54) is 96.0 Å². The van der Waals surface area contributed by atoms with Crippen LogP contribution in [0.25, 0.3) is 0 Å². The molecule has 0 aliphatic rings. The number of rotatable bonds is 35. The van der Waals surface area contributed by atoms with Gasteiger partial charge in [0.25, 0.3) is 10.1 Å². The van der Waals surface area contributed by atoms with E-state index in [1.807, 2.05) is 0 Å². The highest BCUT2D eigenvalue weighted by molar-refractivity contribution is 7.85. The number of hydrogen-bond acceptors (Lipinski definition) is 4. The van der Waals surface area contributed by atoms with Gasteiger partial charge in [0.05, 0.1) is 17.9 Å². The Kier molecular flexibility index (Phi) is 34.4. The van der Waals surface area contributed by atoms with Crippen LogP contribution in [0.3, 0.4) is 0 Å². The molecule has 0 aromatic heterocycles. The highest BCUT2D eigenvalue weighted by atomic mass is 32.2. The van der Waals surface area contributed by atoms with E-state index in [1.54, 1.807) is 6.08 Å². The second-order valence-electron chi connectivity index (χ2n) is 13.5. The van der Waals surface area contributed by atoms with Gasteiger partial charge in [-0.25, -0.2) is 0 Å². The SMILES string of the molecule is CCCCCC/C=C\C/C=C\CCCCCCCC(=O)NC(CS(=O)(=O)O)C(O)/C=C/CC/C=C/CC/C=C/CCCCCCCCCC. The lowest BCUT2D eigenvalue weighted by Gasteiger charge is -2.21. The standard InChI is InChI=1S/C42H75NO5S/c1-3-5-7-9-11-13-15-17-19-21-22-23-25-27-29-31-33-35-37-41(44)40(39-49(46,47)48)43-42(45)38-36-34-32-30-28-26-24-20-18-16-14-12-10-8-6-4-2/h14,16,20-22,24,27,29,35,37,40-41,44H,3-13,15,17-19,23,25-26,28,30-34,36,38-39H2,1-2H3,(H,43,45)(H,46,47,48)/b16-14-,22-21+,24-20-,29-27+,37-35+. The Labute approximate surface area is 302 Å². The van der Waals surface area contributed by atoms with Crippen molar-refractivity contribution in [2.75, 3.05) is 5.75 Å². The van der Waals surface area contributed by atoms with E-state index < -0.39 is 28.0 Å². The minimum Gasteiger partial charge on any atom is -0.387 e. The van der Waals surface area contributed by atoms with Crippen LogP contribution in [0.4, 0.5) is 0 Å². The van der Waals surface area contributed by atoms with E-state index in [4.69, 9.17) is 0 Å². The fraction of sp³-hybridized carbons (Fsp3) is 0.738. The molecular formula is C42H75NO5S. The second kappa shape index (κ2) is 35.9. The summed E-state index contributed by atoms with van der Waals surface area (Å²) in [5.74, 6) is -1.03. The lowest BCUT2D eigenvalue weighted by atomic mass is 10.1. The van der Waals surface area contributed by atoms with Crippen LogP contribution in [0.2, 0.25) is 0 Å². The maximum absolute atomic E-state index is 12.5. The number of aliphatic hydroxyl groups excluding tert-OH is 1. The molecule has 0 heterocycles. The molecule has 1 amide bonds. The molecule has 0 aromatic rings. The Morgan fingerprint density at radius 3 is 1.43 bits per heavy atom. The van der Waals surface area contributed by atoms with Crippen LogP contribution in [-0.4, -0.2) is 41.9 Å². The van der Waals surface area contributed by atoms with Gasteiger partial charge in [0.2, 0.25) is 5.91 Å². The fourth-order valence-electron chi connectivity index (χ4n) is 5.63. The third kappa shape index (κ3) is 37.1. The molecule has 0 rings (SSSR count). The molecule has 0 saturated carbocycles. The molecule has 0 aliphatic carbocycles. The smallest absolute Gasteiger partial charge is 0.267 e. The summed E-state index contributed by atoms with van der Waals surface area (Å²) in [7, 11) is -4.36. The van der Waals surface area contributed by atoms with Crippen molar-refractivity contribution in [1.29, 1.82) is 0 Å². The van der Waals surface area contributed by atoms with Gasteiger partial charge in [-0.05, 0) is 77.0 Å². The lowest BCUT2D eigenvalue weighted by molar-refractivity contribution is -0.122. The molecule has 284 valence electrons. The molecule has 0 bridgehead atoms. The highest BCUT2D eigenvalue weighted by Gasteiger charge is 2.24. The van der Waals surface area contributed by atoms with Crippen LogP contribution in [0.1, 0.15) is 181 Å². The first-order valence-corrected chi connectivity index (χ1v) is 21.6. The maximum atomic E-state index is 12.5. The number of allylic oxidation sites excluding steroid dienone is 9. The minimum atomic E-state index is -4.36. The Morgan fingerprint density at radius 2 is 0.939 bits per heavy atom. The molecular weight excluding hydrogens is 631 g/mol. The summed E-state index contributed by atoms with van der Waals surface area (Å²) in [6.45, 7) is 4.49. The predicted molar refractivity (Wildman–Crippen MR) is 211 cm³/mol. The van der Waals surface area contributed by atoms with Gasteiger partial charge in [0, 0.05) is 6.42 Å². The molecule has 2 unspecified atom stereocenters. The van der Waals surface area contributed by atoms with Crippen molar-refractivity contribution in [3.63, 3.8) is 0 Å². The van der Waals surface area contributed by atoms with Gasteiger partial charge in [-0.2, -0.15) is 8.42 Å². The summed E-state index contributed by atoms with van der Waals surface area (Å²) in [4.78, 5) is 12.5. The highest BCUT2D eigenvalue weighted by Crippen LogP contribution is 2.11. The predicted octanol–water partition coefficient (Wildman–Crippen LogP) is 11.7. The molecule has 7 heteroatoms. The van der Waals surface area contributed by atoms with Gasteiger partial charge in [-0.15, -0.1) is 0 Å². The average Bonchev–Trinajstić information content (AvgIpc) is 3.06. The minimum absolute atomic E-state index is 0.266. The first-order chi connectivity index (χ1) is 23.8. The number of carbonyl (C=O) groups is 1. The van der Waals surface area contributed by atoms with Crippen molar-refractivity contribution in [2.24, 2.45) is 0 Å². The van der Waals surface area contributed by atoms with Crippen LogP contribution in [0, 0.1) is 0 Å². The molecule has 2 atom stereocenters. The second-order valence-corrected chi connectivity index (χ2v) is 15.0. The zero-order valence-corrected chi connectivity index (χ0v) is 32.4. The van der Waals surface area contributed by atoms with E-state index in [9.17, 15) is 22.9 Å².